The summed E-state index contributed by atoms with van der Waals surface area (Å²) in [6, 6.07) is 20.2. The predicted molar refractivity (Wildman–Crippen MR) is 115 cm³/mol. The number of ether oxygens (including phenoxy) is 1. The van der Waals surface area contributed by atoms with E-state index in [1.54, 1.807) is 36.7 Å². The second-order valence-corrected chi connectivity index (χ2v) is 6.83. The van der Waals surface area contributed by atoms with Crippen LogP contribution in [0.4, 0.5) is 5.95 Å². The van der Waals surface area contributed by atoms with Crippen molar-refractivity contribution in [2.45, 2.75) is 6.54 Å². The Labute approximate surface area is 178 Å². The minimum atomic E-state index is -0.352. The monoisotopic (exact) mass is 419 g/mol. The molecule has 0 aliphatic rings. The third-order valence-electron chi connectivity index (χ3n) is 4.21. The zero-order valence-electron chi connectivity index (χ0n) is 15.9. The first-order valence-electron chi connectivity index (χ1n) is 9.26. The molecule has 0 spiro atoms. The molecule has 2 aromatic carbocycles. The topological polar surface area (TPSA) is 81.9 Å². The van der Waals surface area contributed by atoms with Crippen LogP contribution in [0, 0.1) is 0 Å². The van der Waals surface area contributed by atoms with Crippen LogP contribution >= 0.6 is 11.6 Å². The largest absolute Gasteiger partial charge is 0.484 e. The molecule has 0 saturated heterocycles. The zero-order valence-corrected chi connectivity index (χ0v) is 16.7. The highest BCUT2D eigenvalue weighted by Crippen LogP contribution is 2.18. The van der Waals surface area contributed by atoms with Gasteiger partial charge < -0.3 is 10.1 Å². The van der Waals surface area contributed by atoms with Crippen LogP contribution in [0.1, 0.15) is 10.4 Å². The molecular formula is C22H18ClN5O2. The Bertz CT molecular complexity index is 1130. The Balaban J connectivity index is 1.56. The summed E-state index contributed by atoms with van der Waals surface area (Å²) in [7, 11) is 0. The van der Waals surface area contributed by atoms with Crippen LogP contribution in [-0.4, -0.2) is 32.3 Å². The van der Waals surface area contributed by atoms with Crippen molar-refractivity contribution in [2.24, 2.45) is 0 Å². The molecule has 0 aliphatic heterocycles. The molecule has 8 heteroatoms. The van der Waals surface area contributed by atoms with Gasteiger partial charge in [0, 0.05) is 29.5 Å². The molecule has 1 N–H and O–H groups in total. The van der Waals surface area contributed by atoms with E-state index in [-0.39, 0.29) is 12.5 Å². The average Bonchev–Trinajstić information content (AvgIpc) is 3.22. The van der Waals surface area contributed by atoms with E-state index in [9.17, 15) is 4.79 Å². The van der Waals surface area contributed by atoms with Gasteiger partial charge in [-0.3, -0.25) is 9.78 Å². The highest BCUT2D eigenvalue weighted by atomic mass is 35.5. The van der Waals surface area contributed by atoms with Gasteiger partial charge in [-0.2, -0.15) is 9.67 Å². The smallest absolute Gasteiger partial charge is 0.287 e. The summed E-state index contributed by atoms with van der Waals surface area (Å²) in [6.07, 6.45) is 3.31. The van der Waals surface area contributed by atoms with E-state index in [2.05, 4.69) is 20.4 Å². The number of para-hydroxylation sites is 1. The van der Waals surface area contributed by atoms with Crippen LogP contribution in [0.25, 0.3) is 11.4 Å². The van der Waals surface area contributed by atoms with Crippen LogP contribution in [0.5, 0.6) is 5.75 Å². The van der Waals surface area contributed by atoms with Gasteiger partial charge in [0.15, 0.2) is 12.4 Å². The lowest BCUT2D eigenvalue weighted by Crippen LogP contribution is -2.22. The molecular weight excluding hydrogens is 402 g/mol. The van der Waals surface area contributed by atoms with Crippen LogP contribution in [0.3, 0.4) is 0 Å². The van der Waals surface area contributed by atoms with Gasteiger partial charge in [0.1, 0.15) is 5.75 Å². The van der Waals surface area contributed by atoms with Gasteiger partial charge in [-0.05, 0) is 42.0 Å². The summed E-state index contributed by atoms with van der Waals surface area (Å²) in [5.41, 5.74) is 1.66. The summed E-state index contributed by atoms with van der Waals surface area (Å²) >= 11 is 6.05. The molecule has 0 fully saturated rings. The zero-order chi connectivity index (χ0) is 20.8. The van der Waals surface area contributed by atoms with E-state index in [1.807, 2.05) is 42.5 Å². The predicted octanol–water partition coefficient (Wildman–Crippen LogP) is 4.32. The molecule has 2 heterocycles. The molecule has 0 aliphatic carbocycles. The molecule has 2 aromatic heterocycles. The Kier molecular flexibility index (Phi) is 6.01. The molecule has 0 amide bonds. The van der Waals surface area contributed by atoms with E-state index < -0.39 is 0 Å². The van der Waals surface area contributed by atoms with E-state index in [4.69, 9.17) is 16.3 Å². The van der Waals surface area contributed by atoms with E-state index in [0.29, 0.717) is 34.7 Å². The highest BCUT2D eigenvalue weighted by molar-refractivity contribution is 6.30. The number of hydrogen-bond acceptors (Lipinski definition) is 6. The molecule has 0 bridgehead atoms. The summed E-state index contributed by atoms with van der Waals surface area (Å²) in [6.45, 7) is 0.254. The average molecular weight is 420 g/mol. The minimum absolute atomic E-state index is 0.175. The number of nitrogens with one attached hydrogen (secondary N) is 1. The number of nitrogens with zero attached hydrogens (tertiary/aromatic N) is 4. The van der Waals surface area contributed by atoms with Gasteiger partial charge in [0.05, 0.1) is 0 Å². The second kappa shape index (κ2) is 9.19. The number of anilines is 1. The fourth-order valence-electron chi connectivity index (χ4n) is 2.77. The van der Waals surface area contributed by atoms with Crippen molar-refractivity contribution in [1.29, 1.82) is 0 Å². The lowest BCUT2D eigenvalue weighted by atomic mass is 10.2. The normalized spacial score (nSPS) is 10.6. The second-order valence-electron chi connectivity index (χ2n) is 6.39. The van der Waals surface area contributed by atoms with Crippen molar-refractivity contribution in [3.63, 3.8) is 0 Å². The Morgan fingerprint density at radius 2 is 1.93 bits per heavy atom. The van der Waals surface area contributed by atoms with E-state index in [1.165, 1.54) is 4.68 Å². The number of pyridine rings is 1. The lowest BCUT2D eigenvalue weighted by molar-refractivity contribution is 0.0824. The molecule has 4 aromatic rings. The number of carbonyl (C=O) groups is 1. The molecule has 4 rings (SSSR count). The SMILES string of the molecule is O=C(COc1ccccc1)n1nc(-c2cccnc2)nc1NCc1cccc(Cl)c1. The van der Waals surface area contributed by atoms with E-state index in [0.717, 1.165) is 5.56 Å². The van der Waals surface area contributed by atoms with Gasteiger partial charge in [0.2, 0.25) is 5.95 Å². The number of hydrogen-bond donors (Lipinski definition) is 1. The maximum absolute atomic E-state index is 12.8. The van der Waals surface area contributed by atoms with Crippen LogP contribution < -0.4 is 10.1 Å². The number of benzene rings is 2. The molecule has 150 valence electrons. The maximum atomic E-state index is 12.8. The Hall–Kier alpha value is -3.71. The summed E-state index contributed by atoms with van der Waals surface area (Å²) in [5, 5.41) is 8.17. The summed E-state index contributed by atoms with van der Waals surface area (Å²) < 4.78 is 6.79. The first-order chi connectivity index (χ1) is 14.7. The van der Waals surface area contributed by atoms with Crippen molar-refractivity contribution in [3.05, 3.63) is 89.7 Å². The van der Waals surface area contributed by atoms with Crippen molar-refractivity contribution >= 4 is 23.5 Å². The van der Waals surface area contributed by atoms with Gasteiger partial charge in [-0.15, -0.1) is 5.10 Å². The Morgan fingerprint density at radius 1 is 1.07 bits per heavy atom. The lowest BCUT2D eigenvalue weighted by Gasteiger charge is -2.08. The van der Waals surface area contributed by atoms with Gasteiger partial charge in [0.25, 0.3) is 5.91 Å². The molecule has 0 radical (unpaired) electrons. The van der Waals surface area contributed by atoms with Gasteiger partial charge in [-0.25, -0.2) is 0 Å². The van der Waals surface area contributed by atoms with Crippen LogP contribution in [0.15, 0.2) is 79.1 Å². The number of rotatable bonds is 7. The van der Waals surface area contributed by atoms with Crippen molar-refractivity contribution in [1.82, 2.24) is 19.7 Å². The van der Waals surface area contributed by atoms with Crippen LogP contribution in [-0.2, 0) is 6.54 Å². The quantitative estimate of drug-likeness (QED) is 0.480. The fraction of sp³-hybridized carbons (Fsp3) is 0.0909. The Morgan fingerprint density at radius 3 is 2.70 bits per heavy atom. The molecule has 30 heavy (non-hydrogen) atoms. The number of halogens is 1. The molecule has 7 nitrogen and oxygen atoms in total. The fourth-order valence-corrected chi connectivity index (χ4v) is 2.98. The minimum Gasteiger partial charge on any atom is -0.484 e. The van der Waals surface area contributed by atoms with Gasteiger partial charge in [-0.1, -0.05) is 41.9 Å². The molecule has 0 atom stereocenters. The molecule has 0 saturated carbocycles. The van der Waals surface area contributed by atoms with Crippen molar-refractivity contribution < 1.29 is 9.53 Å². The molecule has 0 unspecified atom stereocenters. The standard InChI is InChI=1S/C22H18ClN5O2/c23-18-8-4-6-16(12-18)13-25-22-26-21(17-7-5-11-24-14-17)27-28(22)20(29)15-30-19-9-2-1-3-10-19/h1-12,14H,13,15H2,(H,25,26,27). The first kappa shape index (κ1) is 19.6. The third kappa shape index (κ3) is 4.82. The van der Waals surface area contributed by atoms with Gasteiger partial charge >= 0.3 is 0 Å². The van der Waals surface area contributed by atoms with Crippen LogP contribution in [0.2, 0.25) is 5.02 Å². The van der Waals surface area contributed by atoms with Crippen molar-refractivity contribution in [2.75, 3.05) is 11.9 Å². The number of aromatic nitrogens is 4. The van der Waals surface area contributed by atoms with E-state index >= 15 is 0 Å². The number of carbonyl (C=O) groups excluding carboxylic acids is 1. The van der Waals surface area contributed by atoms with Crippen molar-refractivity contribution in [3.8, 4) is 17.1 Å². The third-order valence-corrected chi connectivity index (χ3v) is 4.44. The first-order valence-corrected chi connectivity index (χ1v) is 9.64. The maximum Gasteiger partial charge on any atom is 0.287 e. The summed E-state index contributed by atoms with van der Waals surface area (Å²) in [5.74, 6) is 0.960. The highest BCUT2D eigenvalue weighted by Gasteiger charge is 2.18. The summed E-state index contributed by atoms with van der Waals surface area (Å²) in [4.78, 5) is 21.4.